The van der Waals surface area contributed by atoms with Crippen molar-refractivity contribution in [3.8, 4) is 11.4 Å². The predicted molar refractivity (Wildman–Crippen MR) is 159 cm³/mol. The van der Waals surface area contributed by atoms with Gasteiger partial charge in [0.25, 0.3) is 5.56 Å². The van der Waals surface area contributed by atoms with Gasteiger partial charge in [-0.05, 0) is 73.4 Å². The van der Waals surface area contributed by atoms with E-state index in [-0.39, 0.29) is 17.2 Å². The van der Waals surface area contributed by atoms with Gasteiger partial charge in [0.15, 0.2) is 14.8 Å². The van der Waals surface area contributed by atoms with Crippen molar-refractivity contribution in [1.29, 1.82) is 0 Å². The van der Waals surface area contributed by atoms with Crippen molar-refractivity contribution in [3.05, 3.63) is 110 Å². The molecule has 0 radical (unpaired) electrons. The van der Waals surface area contributed by atoms with E-state index in [1.165, 1.54) is 34.2 Å². The lowest BCUT2D eigenvalue weighted by Gasteiger charge is -2.13. The fraction of sp³-hybridized carbons (Fsp3) is 0.172. The van der Waals surface area contributed by atoms with Crippen LogP contribution in [-0.2, 0) is 11.2 Å². The van der Waals surface area contributed by atoms with Crippen LogP contribution in [-0.4, -0.2) is 32.3 Å². The molecule has 1 amide bonds. The normalized spacial score (nSPS) is 11.1. The molecule has 0 aliphatic rings. The molecule has 0 atom stereocenters. The first kappa shape index (κ1) is 26.1. The molecule has 9 heteroatoms. The summed E-state index contributed by atoms with van der Waals surface area (Å²) in [6.07, 6.45) is 0.753. The first-order valence-corrected chi connectivity index (χ1v) is 14.4. The van der Waals surface area contributed by atoms with Gasteiger partial charge in [-0.25, -0.2) is 4.98 Å². The van der Waals surface area contributed by atoms with Gasteiger partial charge < -0.3 is 5.32 Å². The molecule has 0 aliphatic carbocycles. The smallest absolute Gasteiger partial charge is 0.278 e. The third kappa shape index (κ3) is 5.50. The third-order valence-electron chi connectivity index (χ3n) is 6.25. The first-order valence-electron chi connectivity index (χ1n) is 12.2. The van der Waals surface area contributed by atoms with Crippen LogP contribution in [0.2, 0.25) is 0 Å². The molecule has 0 saturated heterocycles. The maximum atomic E-state index is 13.8. The molecule has 3 aromatic carbocycles. The Hall–Kier alpha value is -3.53. The van der Waals surface area contributed by atoms with Gasteiger partial charge in [0.2, 0.25) is 5.91 Å². The Balaban J connectivity index is 1.50. The van der Waals surface area contributed by atoms with Gasteiger partial charge in [0.05, 0.1) is 11.4 Å². The zero-order valence-corrected chi connectivity index (χ0v) is 23.5. The number of nitrogens with zero attached hydrogens (tertiary/aromatic N) is 3. The molecule has 0 saturated carbocycles. The topological polar surface area (TPSA) is 68.9 Å². The second kappa shape index (κ2) is 11.5. The largest absolute Gasteiger partial charge is 0.355 e. The molecule has 0 aliphatic heterocycles. The van der Waals surface area contributed by atoms with E-state index in [4.69, 9.17) is 17.2 Å². The predicted octanol–water partition coefficient (Wildman–Crippen LogP) is 6.04. The summed E-state index contributed by atoms with van der Waals surface area (Å²) in [5.41, 5.74) is 5.33. The van der Waals surface area contributed by atoms with Crippen LogP contribution in [0, 0.1) is 17.8 Å². The highest BCUT2D eigenvalue weighted by molar-refractivity contribution is 7.99. The van der Waals surface area contributed by atoms with Crippen LogP contribution >= 0.6 is 35.3 Å². The monoisotopic (exact) mass is 558 g/mol. The molecule has 5 aromatic rings. The van der Waals surface area contributed by atoms with Crippen molar-refractivity contribution in [2.45, 2.75) is 25.4 Å². The molecule has 0 bridgehead atoms. The van der Waals surface area contributed by atoms with Gasteiger partial charge in [-0.15, -0.1) is 0 Å². The molecular weight excluding hydrogens is 533 g/mol. The number of hydrogen-bond acceptors (Lipinski definition) is 6. The number of amides is 1. The number of fused-ring (bicyclic) bond motifs is 1. The Morgan fingerprint density at radius 2 is 1.66 bits per heavy atom. The number of aryl methyl sites for hydroxylation is 2. The second-order valence-electron chi connectivity index (χ2n) is 8.87. The van der Waals surface area contributed by atoms with Gasteiger partial charge in [-0.2, -0.15) is 0 Å². The van der Waals surface area contributed by atoms with Crippen LogP contribution in [0.3, 0.4) is 0 Å². The zero-order chi connectivity index (χ0) is 26.6. The highest BCUT2D eigenvalue weighted by atomic mass is 32.2. The first-order chi connectivity index (χ1) is 18.4. The van der Waals surface area contributed by atoms with E-state index in [1.807, 2.05) is 84.3 Å². The number of rotatable bonds is 8. The van der Waals surface area contributed by atoms with Crippen LogP contribution in [0.5, 0.6) is 0 Å². The average molecular weight is 559 g/mol. The number of thiazole rings is 1. The quantitative estimate of drug-likeness (QED) is 0.143. The molecule has 6 nitrogen and oxygen atoms in total. The minimum absolute atomic E-state index is 0.115. The van der Waals surface area contributed by atoms with E-state index < -0.39 is 0 Å². The number of hydrogen-bond donors (Lipinski definition) is 1. The lowest BCUT2D eigenvalue weighted by atomic mass is 10.1. The lowest BCUT2D eigenvalue weighted by molar-refractivity contribution is -0.118. The Bertz CT molecular complexity index is 1720. The molecule has 0 fully saturated rings. The van der Waals surface area contributed by atoms with E-state index in [0.717, 1.165) is 17.7 Å². The minimum atomic E-state index is -0.202. The van der Waals surface area contributed by atoms with Gasteiger partial charge in [0, 0.05) is 12.2 Å². The number of aromatic nitrogens is 3. The highest BCUT2D eigenvalue weighted by Gasteiger charge is 2.20. The van der Waals surface area contributed by atoms with Gasteiger partial charge in [-0.3, -0.25) is 18.7 Å². The van der Waals surface area contributed by atoms with Gasteiger partial charge in [0.1, 0.15) is 4.70 Å². The molecule has 0 unspecified atom stereocenters. The van der Waals surface area contributed by atoms with E-state index in [2.05, 4.69) is 18.3 Å². The summed E-state index contributed by atoms with van der Waals surface area (Å²) >= 11 is 8.19. The SMILES string of the molecule is Cc1ccc(-n2c(=S)sc3c(=O)n(-c4ccccc4)c(SCC(=O)NCCc4ccccc4)nc32)cc1C. The van der Waals surface area contributed by atoms with Crippen LogP contribution in [0.1, 0.15) is 16.7 Å². The fourth-order valence-corrected chi connectivity index (χ4v) is 6.24. The Morgan fingerprint density at radius 3 is 2.37 bits per heavy atom. The van der Waals surface area contributed by atoms with Gasteiger partial charge >= 0.3 is 0 Å². The Labute approximate surface area is 234 Å². The molecule has 2 heterocycles. The number of benzene rings is 3. The third-order valence-corrected chi connectivity index (χ3v) is 8.54. The number of thioether (sulfide) groups is 1. The second-order valence-corrected chi connectivity index (χ2v) is 11.5. The fourth-order valence-electron chi connectivity index (χ4n) is 4.10. The molecular formula is C29H26N4O2S3. The zero-order valence-electron chi connectivity index (χ0n) is 21.0. The van der Waals surface area contributed by atoms with E-state index in [9.17, 15) is 9.59 Å². The summed E-state index contributed by atoms with van der Waals surface area (Å²) < 4.78 is 4.45. The minimum Gasteiger partial charge on any atom is -0.355 e. The van der Waals surface area contributed by atoms with E-state index in [0.29, 0.717) is 31.7 Å². The molecule has 5 rings (SSSR count). The summed E-state index contributed by atoms with van der Waals surface area (Å²) in [5.74, 6) is 0.0184. The number of nitrogens with one attached hydrogen (secondary N) is 1. The number of carbonyl (C=O) groups is 1. The van der Waals surface area contributed by atoms with Crippen molar-refractivity contribution in [1.82, 2.24) is 19.4 Å². The summed E-state index contributed by atoms with van der Waals surface area (Å²) in [4.78, 5) is 31.4. The molecule has 1 N–H and O–H groups in total. The number of para-hydroxylation sites is 1. The Kier molecular flexibility index (Phi) is 7.87. The van der Waals surface area contributed by atoms with Crippen molar-refractivity contribution >= 4 is 51.6 Å². The van der Waals surface area contributed by atoms with E-state index in [1.54, 1.807) is 4.57 Å². The van der Waals surface area contributed by atoms with Crippen LogP contribution in [0.4, 0.5) is 0 Å². The number of carbonyl (C=O) groups excluding carboxylic acids is 1. The summed E-state index contributed by atoms with van der Waals surface area (Å²) in [5, 5.41) is 3.41. The lowest BCUT2D eigenvalue weighted by Crippen LogP contribution is -2.28. The maximum Gasteiger partial charge on any atom is 0.278 e. The highest BCUT2D eigenvalue weighted by Crippen LogP contribution is 2.28. The van der Waals surface area contributed by atoms with Crippen LogP contribution in [0.25, 0.3) is 21.7 Å². The van der Waals surface area contributed by atoms with Crippen molar-refractivity contribution < 1.29 is 4.79 Å². The molecule has 192 valence electrons. The van der Waals surface area contributed by atoms with Crippen molar-refractivity contribution in [2.75, 3.05) is 12.3 Å². The van der Waals surface area contributed by atoms with Crippen LogP contribution < -0.4 is 10.9 Å². The Morgan fingerprint density at radius 1 is 0.947 bits per heavy atom. The van der Waals surface area contributed by atoms with Crippen LogP contribution in [0.15, 0.2) is 88.8 Å². The molecule has 2 aromatic heterocycles. The molecule has 0 spiro atoms. The summed E-state index contributed by atoms with van der Waals surface area (Å²) in [6, 6.07) is 25.5. The standard InChI is InChI=1S/C29H26N4O2S3/c1-19-13-14-23(17-20(19)2)32-26-25(38-29(32)36)27(35)33(22-11-7-4-8-12-22)28(31-26)37-18-24(34)30-16-15-21-9-5-3-6-10-21/h3-14,17H,15-16,18H2,1-2H3,(H,30,34). The summed E-state index contributed by atoms with van der Waals surface area (Å²) in [7, 11) is 0. The maximum absolute atomic E-state index is 13.8. The average Bonchev–Trinajstić information content (AvgIpc) is 3.26. The van der Waals surface area contributed by atoms with Crippen molar-refractivity contribution in [3.63, 3.8) is 0 Å². The van der Waals surface area contributed by atoms with Gasteiger partial charge in [-0.1, -0.05) is 77.7 Å². The van der Waals surface area contributed by atoms with Crippen molar-refractivity contribution in [2.24, 2.45) is 0 Å². The van der Waals surface area contributed by atoms with E-state index >= 15 is 0 Å². The summed E-state index contributed by atoms with van der Waals surface area (Å²) in [6.45, 7) is 4.64. The molecule has 38 heavy (non-hydrogen) atoms.